The van der Waals surface area contributed by atoms with Crippen molar-refractivity contribution in [3.05, 3.63) is 0 Å². The summed E-state index contributed by atoms with van der Waals surface area (Å²) in [5, 5.41) is 3.45. The Kier molecular flexibility index (Phi) is 8.14. The van der Waals surface area contributed by atoms with Crippen molar-refractivity contribution >= 4 is 0 Å². The van der Waals surface area contributed by atoms with E-state index >= 15 is 0 Å². The lowest BCUT2D eigenvalue weighted by Crippen LogP contribution is -2.39. The molecule has 0 aliphatic rings. The average Bonchev–Trinajstić information content (AvgIpc) is 2.09. The molecule has 0 fully saturated rings. The van der Waals surface area contributed by atoms with E-state index in [1.54, 1.807) is 0 Å². The summed E-state index contributed by atoms with van der Waals surface area (Å²) < 4.78 is 0. The van der Waals surface area contributed by atoms with Gasteiger partial charge in [-0.15, -0.1) is 0 Å². The zero-order valence-corrected chi connectivity index (χ0v) is 10.2. The molecule has 0 aromatic heterocycles. The maximum atomic E-state index is 5.44. The number of hydrogen-bond acceptors (Lipinski definition) is 3. The van der Waals surface area contributed by atoms with E-state index in [1.165, 1.54) is 6.42 Å². The van der Waals surface area contributed by atoms with Gasteiger partial charge in [0, 0.05) is 12.6 Å². The molecule has 0 aromatic carbocycles. The monoisotopic (exact) mass is 201 g/mol. The molecule has 0 aromatic rings. The molecule has 86 valence electrons. The molecule has 0 bridgehead atoms. The van der Waals surface area contributed by atoms with E-state index in [2.05, 4.69) is 38.2 Å². The summed E-state index contributed by atoms with van der Waals surface area (Å²) in [4.78, 5) is 2.30. The third kappa shape index (κ3) is 7.30. The minimum atomic E-state index is 0.646. The Hall–Kier alpha value is -0.120. The molecule has 3 heteroatoms. The van der Waals surface area contributed by atoms with Gasteiger partial charge in [0.05, 0.1) is 0 Å². The molecule has 0 radical (unpaired) electrons. The van der Waals surface area contributed by atoms with Crippen LogP contribution >= 0.6 is 0 Å². The summed E-state index contributed by atoms with van der Waals surface area (Å²) in [7, 11) is 4.30. The minimum Gasteiger partial charge on any atom is -0.330 e. The molecule has 0 saturated heterocycles. The van der Waals surface area contributed by atoms with Gasteiger partial charge in [-0.2, -0.15) is 0 Å². The van der Waals surface area contributed by atoms with Crippen molar-refractivity contribution in [2.75, 3.05) is 33.7 Å². The number of hydrogen-bond donors (Lipinski definition) is 2. The van der Waals surface area contributed by atoms with E-state index in [0.29, 0.717) is 6.04 Å². The first kappa shape index (κ1) is 13.9. The highest BCUT2D eigenvalue weighted by Crippen LogP contribution is 2.07. The fraction of sp³-hybridized carbons (Fsp3) is 1.00. The Morgan fingerprint density at radius 2 is 1.93 bits per heavy atom. The molecule has 3 N–H and O–H groups in total. The number of likely N-dealkylation sites (N-methyl/N-ethyl adjacent to an activating group) is 1. The minimum absolute atomic E-state index is 0.646. The Labute approximate surface area is 89.0 Å². The fourth-order valence-corrected chi connectivity index (χ4v) is 1.52. The molecule has 0 saturated carbocycles. The Morgan fingerprint density at radius 1 is 1.29 bits per heavy atom. The van der Waals surface area contributed by atoms with Crippen molar-refractivity contribution < 1.29 is 0 Å². The summed E-state index contributed by atoms with van der Waals surface area (Å²) in [5.74, 6) is 0.763. The summed E-state index contributed by atoms with van der Waals surface area (Å²) in [6.07, 6.45) is 2.32. The highest BCUT2D eigenvalue weighted by atomic mass is 15.1. The van der Waals surface area contributed by atoms with Gasteiger partial charge in [-0.3, -0.25) is 0 Å². The van der Waals surface area contributed by atoms with Gasteiger partial charge in [-0.25, -0.2) is 0 Å². The van der Waals surface area contributed by atoms with Crippen molar-refractivity contribution in [2.45, 2.75) is 32.7 Å². The zero-order valence-electron chi connectivity index (χ0n) is 10.2. The number of nitrogens with one attached hydrogen (secondary N) is 1. The van der Waals surface area contributed by atoms with Crippen LogP contribution in [0.1, 0.15) is 26.7 Å². The Balaban J connectivity index is 3.63. The molecule has 1 atom stereocenters. The Bertz CT molecular complexity index is 124. The molecular weight excluding hydrogens is 174 g/mol. The summed E-state index contributed by atoms with van der Waals surface area (Å²) in [6, 6.07) is 0.646. The summed E-state index contributed by atoms with van der Waals surface area (Å²) in [6.45, 7) is 7.45. The summed E-state index contributed by atoms with van der Waals surface area (Å²) >= 11 is 0. The molecule has 0 spiro atoms. The maximum absolute atomic E-state index is 5.44. The van der Waals surface area contributed by atoms with Crippen molar-refractivity contribution in [1.82, 2.24) is 10.2 Å². The molecule has 14 heavy (non-hydrogen) atoms. The van der Waals surface area contributed by atoms with Gasteiger partial charge in [-0.1, -0.05) is 13.8 Å². The van der Waals surface area contributed by atoms with Crippen LogP contribution in [0.3, 0.4) is 0 Å². The highest BCUT2D eigenvalue weighted by molar-refractivity contribution is 4.70. The topological polar surface area (TPSA) is 41.3 Å². The van der Waals surface area contributed by atoms with E-state index in [0.717, 1.165) is 32.0 Å². The lowest BCUT2D eigenvalue weighted by molar-refractivity contribution is 0.247. The van der Waals surface area contributed by atoms with Crippen LogP contribution in [-0.4, -0.2) is 44.7 Å². The van der Waals surface area contributed by atoms with Gasteiger partial charge in [-0.05, 0) is 45.9 Å². The van der Waals surface area contributed by atoms with Crippen molar-refractivity contribution in [1.29, 1.82) is 0 Å². The van der Waals surface area contributed by atoms with Gasteiger partial charge in [0.2, 0.25) is 0 Å². The molecule has 3 nitrogen and oxygen atoms in total. The van der Waals surface area contributed by atoms with Gasteiger partial charge >= 0.3 is 0 Å². The molecule has 0 aliphatic carbocycles. The molecule has 0 aliphatic heterocycles. The number of nitrogens with two attached hydrogens (primary N) is 1. The third-order valence-corrected chi connectivity index (χ3v) is 2.41. The van der Waals surface area contributed by atoms with Crippen LogP contribution < -0.4 is 11.1 Å². The van der Waals surface area contributed by atoms with E-state index < -0.39 is 0 Å². The van der Waals surface area contributed by atoms with Crippen molar-refractivity contribution in [2.24, 2.45) is 11.7 Å². The Morgan fingerprint density at radius 3 is 2.36 bits per heavy atom. The normalized spacial score (nSPS) is 13.9. The number of nitrogens with zero attached hydrogens (tertiary/aromatic N) is 1. The fourth-order valence-electron chi connectivity index (χ4n) is 1.52. The van der Waals surface area contributed by atoms with Crippen LogP contribution in [0.5, 0.6) is 0 Å². The smallest absolute Gasteiger partial charge is 0.0216 e. The van der Waals surface area contributed by atoms with Crippen LogP contribution in [0.25, 0.3) is 0 Å². The SMILES string of the molecule is CC(C)CC(CNCCCN)N(C)C. The van der Waals surface area contributed by atoms with E-state index in [4.69, 9.17) is 5.73 Å². The largest absolute Gasteiger partial charge is 0.330 e. The molecule has 1 unspecified atom stereocenters. The van der Waals surface area contributed by atoms with Gasteiger partial charge < -0.3 is 16.0 Å². The molecule has 0 amide bonds. The second-order valence-electron chi connectivity index (χ2n) is 4.59. The first-order valence-corrected chi connectivity index (χ1v) is 5.65. The second-order valence-corrected chi connectivity index (χ2v) is 4.59. The average molecular weight is 201 g/mol. The highest BCUT2D eigenvalue weighted by Gasteiger charge is 2.12. The van der Waals surface area contributed by atoms with E-state index in [1.807, 2.05) is 0 Å². The van der Waals surface area contributed by atoms with Gasteiger partial charge in [0.1, 0.15) is 0 Å². The first-order valence-electron chi connectivity index (χ1n) is 5.65. The van der Waals surface area contributed by atoms with Crippen LogP contribution in [0, 0.1) is 5.92 Å². The molecule has 0 heterocycles. The molecule has 0 rings (SSSR count). The number of rotatable bonds is 8. The van der Waals surface area contributed by atoms with E-state index in [9.17, 15) is 0 Å². The van der Waals surface area contributed by atoms with Gasteiger partial charge in [0.25, 0.3) is 0 Å². The summed E-state index contributed by atoms with van der Waals surface area (Å²) in [5.41, 5.74) is 5.44. The van der Waals surface area contributed by atoms with Crippen molar-refractivity contribution in [3.63, 3.8) is 0 Å². The third-order valence-electron chi connectivity index (χ3n) is 2.41. The second kappa shape index (κ2) is 8.21. The maximum Gasteiger partial charge on any atom is 0.0216 e. The standard InChI is InChI=1S/C11H27N3/c1-10(2)8-11(14(3)4)9-13-7-5-6-12/h10-11,13H,5-9,12H2,1-4H3. The predicted molar refractivity (Wildman–Crippen MR) is 63.5 cm³/mol. The van der Waals surface area contributed by atoms with E-state index in [-0.39, 0.29) is 0 Å². The van der Waals surface area contributed by atoms with Gasteiger partial charge in [0.15, 0.2) is 0 Å². The van der Waals surface area contributed by atoms with Crippen LogP contribution in [0.15, 0.2) is 0 Å². The van der Waals surface area contributed by atoms with Crippen LogP contribution in [0.2, 0.25) is 0 Å². The molecular formula is C11H27N3. The lowest BCUT2D eigenvalue weighted by atomic mass is 10.0. The van der Waals surface area contributed by atoms with Crippen LogP contribution in [-0.2, 0) is 0 Å². The van der Waals surface area contributed by atoms with Crippen molar-refractivity contribution in [3.8, 4) is 0 Å². The first-order chi connectivity index (χ1) is 6.57. The van der Waals surface area contributed by atoms with Crippen LogP contribution in [0.4, 0.5) is 0 Å². The predicted octanol–water partition coefficient (Wildman–Crippen LogP) is 0.901. The lowest BCUT2D eigenvalue weighted by Gasteiger charge is -2.26. The quantitative estimate of drug-likeness (QED) is 0.573. The zero-order chi connectivity index (χ0) is 11.0.